The zero-order valence-electron chi connectivity index (χ0n) is 10.3. The summed E-state index contributed by atoms with van der Waals surface area (Å²) in [6.07, 6.45) is 1.26. The minimum atomic E-state index is -3.75. The Balaban J connectivity index is 2.35. The molecule has 0 aliphatic rings. The predicted molar refractivity (Wildman–Crippen MR) is 79.9 cm³/mol. The lowest BCUT2D eigenvalue weighted by Gasteiger charge is -2.08. The molecular formula is C11H10FN3O2S3. The number of halogens is 1. The minimum absolute atomic E-state index is 0.0133. The molecule has 0 fully saturated rings. The van der Waals surface area contributed by atoms with Gasteiger partial charge < -0.3 is 5.73 Å². The Labute approximate surface area is 124 Å². The second kappa shape index (κ2) is 5.43. The lowest BCUT2D eigenvalue weighted by molar-refractivity contribution is 0.602. The minimum Gasteiger partial charge on any atom is -0.389 e. The molecule has 9 heteroatoms. The third-order valence-corrected chi connectivity index (χ3v) is 5.32. The molecule has 0 aliphatic heterocycles. The third-order valence-electron chi connectivity index (χ3n) is 2.35. The fraction of sp³-hybridized carbons (Fsp3) is 0.0909. The van der Waals surface area contributed by atoms with Crippen molar-refractivity contribution in [3.8, 4) is 0 Å². The second-order valence-corrected chi connectivity index (χ2v) is 7.45. The largest absolute Gasteiger partial charge is 0.389 e. The summed E-state index contributed by atoms with van der Waals surface area (Å²) in [5.41, 5.74) is 5.54. The topological polar surface area (TPSA) is 85.1 Å². The highest BCUT2D eigenvalue weighted by Crippen LogP contribution is 2.22. The molecule has 0 unspecified atom stereocenters. The van der Waals surface area contributed by atoms with Crippen LogP contribution in [0.25, 0.3) is 0 Å². The molecule has 0 bridgehead atoms. The number of sulfonamides is 1. The van der Waals surface area contributed by atoms with Gasteiger partial charge >= 0.3 is 0 Å². The molecule has 0 spiro atoms. The van der Waals surface area contributed by atoms with Crippen LogP contribution >= 0.6 is 23.6 Å². The number of hydrogen-bond acceptors (Lipinski definition) is 5. The molecule has 5 nitrogen and oxygen atoms in total. The van der Waals surface area contributed by atoms with Gasteiger partial charge in [0.1, 0.15) is 10.8 Å². The summed E-state index contributed by atoms with van der Waals surface area (Å²) in [6.45, 7) is 1.70. The Bertz CT molecular complexity index is 771. The molecule has 20 heavy (non-hydrogen) atoms. The van der Waals surface area contributed by atoms with Crippen molar-refractivity contribution < 1.29 is 12.8 Å². The molecule has 2 aromatic rings. The molecule has 2 rings (SSSR count). The second-order valence-electron chi connectivity index (χ2n) is 3.86. The van der Waals surface area contributed by atoms with Crippen molar-refractivity contribution in [1.82, 2.24) is 4.98 Å². The van der Waals surface area contributed by atoms with Gasteiger partial charge in [-0.25, -0.2) is 17.8 Å². The zero-order valence-corrected chi connectivity index (χ0v) is 12.7. The van der Waals surface area contributed by atoms with Crippen LogP contribution < -0.4 is 10.5 Å². The van der Waals surface area contributed by atoms with Crippen LogP contribution in [0.5, 0.6) is 0 Å². The van der Waals surface area contributed by atoms with Crippen molar-refractivity contribution in [1.29, 1.82) is 0 Å². The van der Waals surface area contributed by atoms with Gasteiger partial charge in [-0.15, -0.1) is 11.3 Å². The molecule has 1 aromatic heterocycles. The molecule has 0 amide bonds. The fourth-order valence-electron chi connectivity index (χ4n) is 1.45. The van der Waals surface area contributed by atoms with E-state index >= 15 is 0 Å². The summed E-state index contributed by atoms with van der Waals surface area (Å²) in [5, 5.41) is 0.633. The number of thiocarbonyl (C=S) groups is 1. The van der Waals surface area contributed by atoms with Gasteiger partial charge in [-0.1, -0.05) is 12.2 Å². The van der Waals surface area contributed by atoms with Crippen LogP contribution in [0, 0.1) is 12.7 Å². The lowest BCUT2D eigenvalue weighted by atomic mass is 10.2. The highest BCUT2D eigenvalue weighted by atomic mass is 32.2. The average Bonchev–Trinajstić information content (AvgIpc) is 2.78. The molecule has 0 saturated heterocycles. The van der Waals surface area contributed by atoms with Gasteiger partial charge in [-0.05, 0) is 25.1 Å². The SMILES string of the molecule is Cc1ncc(S(=O)(=O)Nc2ccc(F)c(C(N)=S)c2)s1. The van der Waals surface area contributed by atoms with E-state index in [1.165, 1.54) is 18.3 Å². The zero-order chi connectivity index (χ0) is 14.9. The van der Waals surface area contributed by atoms with E-state index in [1.807, 2.05) is 0 Å². The maximum Gasteiger partial charge on any atom is 0.273 e. The number of hydrogen-bond donors (Lipinski definition) is 2. The highest BCUT2D eigenvalue weighted by molar-refractivity contribution is 7.94. The fourth-order valence-corrected chi connectivity index (χ4v) is 3.76. The van der Waals surface area contributed by atoms with Crippen LogP contribution in [0.4, 0.5) is 10.1 Å². The van der Waals surface area contributed by atoms with Gasteiger partial charge in [0.25, 0.3) is 10.0 Å². The van der Waals surface area contributed by atoms with E-state index in [1.54, 1.807) is 6.92 Å². The first kappa shape index (κ1) is 14.8. The normalized spacial score (nSPS) is 11.3. The predicted octanol–water partition coefficient (Wildman–Crippen LogP) is 2.03. The summed E-state index contributed by atoms with van der Waals surface area (Å²) >= 11 is 5.74. The molecule has 106 valence electrons. The van der Waals surface area contributed by atoms with Crippen LogP contribution in [-0.4, -0.2) is 18.4 Å². The van der Waals surface area contributed by atoms with Crippen molar-refractivity contribution in [3.63, 3.8) is 0 Å². The molecule has 3 N–H and O–H groups in total. The summed E-state index contributed by atoms with van der Waals surface area (Å²) in [5.74, 6) is -0.603. The van der Waals surface area contributed by atoms with Crippen LogP contribution in [0.3, 0.4) is 0 Å². The molecule has 0 radical (unpaired) electrons. The average molecular weight is 331 g/mol. The van der Waals surface area contributed by atoms with Gasteiger partial charge in [0, 0.05) is 11.3 Å². The molecular weight excluding hydrogens is 321 g/mol. The van der Waals surface area contributed by atoms with E-state index in [0.29, 0.717) is 5.01 Å². The van der Waals surface area contributed by atoms with E-state index in [2.05, 4.69) is 9.71 Å². The number of aromatic nitrogens is 1. The number of nitrogens with two attached hydrogens (primary N) is 1. The Morgan fingerprint density at radius 2 is 2.20 bits per heavy atom. The van der Waals surface area contributed by atoms with Gasteiger partial charge in [0.05, 0.1) is 11.2 Å². The number of benzene rings is 1. The van der Waals surface area contributed by atoms with Crippen molar-refractivity contribution in [2.75, 3.05) is 4.72 Å². The monoisotopic (exact) mass is 331 g/mol. The highest BCUT2D eigenvalue weighted by Gasteiger charge is 2.18. The number of nitrogens with one attached hydrogen (secondary N) is 1. The van der Waals surface area contributed by atoms with Crippen molar-refractivity contribution in [2.24, 2.45) is 5.73 Å². The number of nitrogens with zero attached hydrogens (tertiary/aromatic N) is 1. The lowest BCUT2D eigenvalue weighted by Crippen LogP contribution is -2.15. The molecule has 0 atom stereocenters. The van der Waals surface area contributed by atoms with E-state index in [4.69, 9.17) is 18.0 Å². The summed E-state index contributed by atoms with van der Waals surface area (Å²) in [6, 6.07) is 3.65. The maximum absolute atomic E-state index is 13.4. The first-order chi connectivity index (χ1) is 9.29. The maximum atomic E-state index is 13.4. The third kappa shape index (κ3) is 3.11. The van der Waals surface area contributed by atoms with Crippen LogP contribution in [0.1, 0.15) is 10.6 Å². The van der Waals surface area contributed by atoms with E-state index in [9.17, 15) is 12.8 Å². The van der Waals surface area contributed by atoms with Crippen molar-refractivity contribution >= 4 is 44.3 Å². The van der Waals surface area contributed by atoms with Gasteiger partial charge in [0.2, 0.25) is 0 Å². The van der Waals surface area contributed by atoms with Crippen molar-refractivity contribution in [2.45, 2.75) is 11.1 Å². The Morgan fingerprint density at radius 3 is 2.75 bits per heavy atom. The molecule has 1 heterocycles. The first-order valence-corrected chi connectivity index (χ1v) is 8.05. The smallest absolute Gasteiger partial charge is 0.273 e. The summed E-state index contributed by atoms with van der Waals surface area (Å²) in [4.78, 5) is 3.74. The summed E-state index contributed by atoms with van der Waals surface area (Å²) in [7, 11) is -3.75. The Hall–Kier alpha value is -1.58. The van der Waals surface area contributed by atoms with Gasteiger partial charge in [-0.3, -0.25) is 4.72 Å². The molecule has 1 aromatic carbocycles. The first-order valence-electron chi connectivity index (χ1n) is 5.34. The quantitative estimate of drug-likeness (QED) is 0.837. The van der Waals surface area contributed by atoms with Gasteiger partial charge in [0.15, 0.2) is 4.21 Å². The van der Waals surface area contributed by atoms with Crippen LogP contribution in [0.2, 0.25) is 0 Å². The van der Waals surface area contributed by atoms with E-state index in [0.717, 1.165) is 17.4 Å². The van der Waals surface area contributed by atoms with Crippen LogP contribution in [0.15, 0.2) is 28.6 Å². The number of thiazole rings is 1. The van der Waals surface area contributed by atoms with Crippen LogP contribution in [-0.2, 0) is 10.0 Å². The standard InChI is InChI=1S/C11H10FN3O2S3/c1-6-14-5-10(19-6)20(16,17)15-7-2-3-9(12)8(4-7)11(13)18/h2-5,15H,1H3,(H2,13,18). The Morgan fingerprint density at radius 1 is 1.50 bits per heavy atom. The van der Waals surface area contributed by atoms with E-state index in [-0.39, 0.29) is 20.4 Å². The number of aryl methyl sites for hydroxylation is 1. The summed E-state index contributed by atoms with van der Waals surface area (Å²) < 4.78 is 40.0. The molecule has 0 saturated carbocycles. The number of anilines is 1. The van der Waals surface area contributed by atoms with E-state index < -0.39 is 15.8 Å². The molecule has 0 aliphatic carbocycles. The van der Waals surface area contributed by atoms with Crippen molar-refractivity contribution in [3.05, 3.63) is 40.8 Å². The Kier molecular flexibility index (Phi) is 4.02. The number of rotatable bonds is 4. The van der Waals surface area contributed by atoms with Gasteiger partial charge in [-0.2, -0.15) is 0 Å².